The minimum absolute atomic E-state index is 0.0522. The number of rotatable bonds is 5. The van der Waals surface area contributed by atoms with E-state index in [1.54, 1.807) is 12.3 Å². The Morgan fingerprint density at radius 2 is 2.14 bits per heavy atom. The van der Waals surface area contributed by atoms with Crippen LogP contribution in [-0.4, -0.2) is 11.0 Å². The predicted molar refractivity (Wildman–Crippen MR) is 75.5 cm³/mol. The van der Waals surface area contributed by atoms with Crippen molar-refractivity contribution in [2.24, 2.45) is 0 Å². The van der Waals surface area contributed by atoms with Crippen LogP contribution in [0.15, 0.2) is 30.5 Å². The van der Waals surface area contributed by atoms with Crippen LogP contribution >= 0.6 is 11.6 Å². The molecule has 1 fully saturated rings. The minimum Gasteiger partial charge on any atom is -0.434 e. The topological polar surface area (TPSA) is 34.1 Å². The molecule has 1 saturated carbocycles. The van der Waals surface area contributed by atoms with Crippen molar-refractivity contribution in [3.63, 3.8) is 0 Å². The molecule has 6 heteroatoms. The number of nitrogens with one attached hydrogen (secondary N) is 1. The molecule has 0 unspecified atom stereocenters. The third kappa shape index (κ3) is 3.49. The molecular weight excluding hydrogens is 298 g/mol. The molecule has 0 radical (unpaired) electrons. The van der Waals surface area contributed by atoms with Crippen LogP contribution in [0.4, 0.5) is 8.78 Å². The SMILES string of the molecule is Fc1cccc(Oc2ncc(CNC3CC3)cc2Cl)c1F. The predicted octanol–water partition coefficient (Wildman–Crippen LogP) is 4.06. The van der Waals surface area contributed by atoms with Crippen molar-refractivity contribution in [3.05, 3.63) is 52.7 Å². The van der Waals surface area contributed by atoms with Gasteiger partial charge in [0.15, 0.2) is 11.6 Å². The Labute approximate surface area is 125 Å². The van der Waals surface area contributed by atoms with Gasteiger partial charge in [0, 0.05) is 18.8 Å². The van der Waals surface area contributed by atoms with Crippen LogP contribution in [0.3, 0.4) is 0 Å². The second-order valence-electron chi connectivity index (χ2n) is 4.94. The van der Waals surface area contributed by atoms with Crippen LogP contribution in [0, 0.1) is 11.6 Å². The molecule has 3 nitrogen and oxygen atoms in total. The van der Waals surface area contributed by atoms with Gasteiger partial charge in [0.1, 0.15) is 5.02 Å². The van der Waals surface area contributed by atoms with Crippen LogP contribution in [0.5, 0.6) is 11.6 Å². The van der Waals surface area contributed by atoms with E-state index in [2.05, 4.69) is 10.3 Å². The smallest absolute Gasteiger partial charge is 0.238 e. The number of hydrogen-bond donors (Lipinski definition) is 1. The number of pyridine rings is 1. The molecule has 0 bridgehead atoms. The molecule has 1 heterocycles. The first-order valence-corrected chi connectivity index (χ1v) is 7.01. The number of halogens is 3. The first-order chi connectivity index (χ1) is 10.1. The summed E-state index contributed by atoms with van der Waals surface area (Å²) in [7, 11) is 0. The van der Waals surface area contributed by atoms with Crippen molar-refractivity contribution in [2.75, 3.05) is 0 Å². The van der Waals surface area contributed by atoms with E-state index in [0.717, 1.165) is 11.6 Å². The summed E-state index contributed by atoms with van der Waals surface area (Å²) in [5, 5.41) is 3.59. The number of ether oxygens (including phenoxy) is 1. The zero-order chi connectivity index (χ0) is 14.8. The van der Waals surface area contributed by atoms with Gasteiger partial charge in [-0.25, -0.2) is 9.37 Å². The fourth-order valence-electron chi connectivity index (χ4n) is 1.85. The van der Waals surface area contributed by atoms with Crippen molar-refractivity contribution in [1.82, 2.24) is 10.3 Å². The van der Waals surface area contributed by atoms with Crippen LogP contribution < -0.4 is 10.1 Å². The molecule has 110 valence electrons. The second-order valence-corrected chi connectivity index (χ2v) is 5.35. The molecule has 1 aliphatic carbocycles. The Balaban J connectivity index is 1.74. The summed E-state index contributed by atoms with van der Waals surface area (Å²) in [5.41, 5.74) is 0.916. The molecule has 1 aromatic carbocycles. The summed E-state index contributed by atoms with van der Waals surface area (Å²) in [6.45, 7) is 0.673. The van der Waals surface area contributed by atoms with Crippen LogP contribution in [0.25, 0.3) is 0 Å². The van der Waals surface area contributed by atoms with Gasteiger partial charge < -0.3 is 10.1 Å². The molecule has 0 spiro atoms. The maximum Gasteiger partial charge on any atom is 0.238 e. The first kappa shape index (κ1) is 14.2. The van der Waals surface area contributed by atoms with Crippen molar-refractivity contribution in [3.8, 4) is 11.6 Å². The minimum atomic E-state index is -1.06. The molecular formula is C15H13ClF2N2O. The lowest BCUT2D eigenvalue weighted by atomic mass is 10.3. The van der Waals surface area contributed by atoms with Crippen molar-refractivity contribution >= 4 is 11.6 Å². The van der Waals surface area contributed by atoms with E-state index in [4.69, 9.17) is 16.3 Å². The highest BCUT2D eigenvalue weighted by Gasteiger charge is 2.20. The van der Waals surface area contributed by atoms with E-state index in [1.165, 1.54) is 25.0 Å². The number of benzene rings is 1. The Kier molecular flexibility index (Phi) is 4.03. The standard InChI is InChI=1S/C15H13ClF2N2O/c16-11-6-9(7-19-10-4-5-10)8-20-15(11)21-13-3-1-2-12(17)14(13)18/h1-3,6,8,10,19H,4-5,7H2. The van der Waals surface area contributed by atoms with Crippen LogP contribution in [0.2, 0.25) is 5.02 Å². The summed E-state index contributed by atoms with van der Waals surface area (Å²) in [5.74, 6) is -2.23. The van der Waals surface area contributed by atoms with E-state index in [-0.39, 0.29) is 16.7 Å². The zero-order valence-corrected chi connectivity index (χ0v) is 11.8. The Bertz CT molecular complexity index is 662. The summed E-state index contributed by atoms with van der Waals surface area (Å²) < 4.78 is 31.9. The fourth-order valence-corrected chi connectivity index (χ4v) is 2.08. The van der Waals surface area contributed by atoms with Gasteiger partial charge in [-0.3, -0.25) is 0 Å². The number of hydrogen-bond acceptors (Lipinski definition) is 3. The van der Waals surface area contributed by atoms with Crippen LogP contribution in [0.1, 0.15) is 18.4 Å². The number of aromatic nitrogens is 1. The van der Waals surface area contributed by atoms with Gasteiger partial charge in [0.25, 0.3) is 0 Å². The highest BCUT2D eigenvalue weighted by molar-refractivity contribution is 6.31. The lowest BCUT2D eigenvalue weighted by Crippen LogP contribution is -2.15. The van der Waals surface area contributed by atoms with Gasteiger partial charge >= 0.3 is 0 Å². The first-order valence-electron chi connectivity index (χ1n) is 6.63. The van der Waals surface area contributed by atoms with E-state index >= 15 is 0 Å². The maximum absolute atomic E-state index is 13.5. The Morgan fingerprint density at radius 1 is 1.33 bits per heavy atom. The number of nitrogens with zero attached hydrogens (tertiary/aromatic N) is 1. The highest BCUT2D eigenvalue weighted by atomic mass is 35.5. The molecule has 1 aliphatic rings. The van der Waals surface area contributed by atoms with E-state index in [0.29, 0.717) is 12.6 Å². The molecule has 1 aromatic heterocycles. The average molecular weight is 311 g/mol. The maximum atomic E-state index is 13.5. The Morgan fingerprint density at radius 3 is 2.86 bits per heavy atom. The summed E-state index contributed by atoms with van der Waals surface area (Å²) in [4.78, 5) is 4.06. The zero-order valence-electron chi connectivity index (χ0n) is 11.1. The molecule has 0 aliphatic heterocycles. The molecule has 0 atom stereocenters. The lowest BCUT2D eigenvalue weighted by Gasteiger charge is -2.09. The molecule has 0 saturated heterocycles. The Hall–Kier alpha value is -1.72. The highest BCUT2D eigenvalue weighted by Crippen LogP contribution is 2.30. The van der Waals surface area contributed by atoms with E-state index in [9.17, 15) is 8.78 Å². The second kappa shape index (κ2) is 5.95. The lowest BCUT2D eigenvalue weighted by molar-refractivity contribution is 0.405. The summed E-state index contributed by atoms with van der Waals surface area (Å²) in [6.07, 6.45) is 4.00. The van der Waals surface area contributed by atoms with E-state index < -0.39 is 11.6 Å². The molecule has 0 amide bonds. The fraction of sp³-hybridized carbons (Fsp3) is 0.267. The molecule has 2 aromatic rings. The largest absolute Gasteiger partial charge is 0.434 e. The normalized spacial score (nSPS) is 14.2. The molecule has 21 heavy (non-hydrogen) atoms. The van der Waals surface area contributed by atoms with Gasteiger partial charge in [0.2, 0.25) is 11.7 Å². The van der Waals surface area contributed by atoms with Gasteiger partial charge in [-0.05, 0) is 36.6 Å². The van der Waals surface area contributed by atoms with Crippen LogP contribution in [-0.2, 0) is 6.54 Å². The molecule has 3 rings (SSSR count). The van der Waals surface area contributed by atoms with Gasteiger partial charge in [0.05, 0.1) is 0 Å². The van der Waals surface area contributed by atoms with Gasteiger partial charge in [-0.2, -0.15) is 4.39 Å². The van der Waals surface area contributed by atoms with Crippen molar-refractivity contribution in [1.29, 1.82) is 0 Å². The summed E-state index contributed by atoms with van der Waals surface area (Å²) in [6, 6.07) is 5.98. The monoisotopic (exact) mass is 310 g/mol. The van der Waals surface area contributed by atoms with E-state index in [1.807, 2.05) is 0 Å². The van der Waals surface area contributed by atoms with Gasteiger partial charge in [-0.1, -0.05) is 17.7 Å². The van der Waals surface area contributed by atoms with Crippen molar-refractivity contribution < 1.29 is 13.5 Å². The third-order valence-electron chi connectivity index (χ3n) is 3.16. The average Bonchev–Trinajstić information content (AvgIpc) is 3.28. The van der Waals surface area contributed by atoms with Gasteiger partial charge in [-0.15, -0.1) is 0 Å². The van der Waals surface area contributed by atoms with Crippen molar-refractivity contribution in [2.45, 2.75) is 25.4 Å². The third-order valence-corrected chi connectivity index (χ3v) is 3.43. The summed E-state index contributed by atoms with van der Waals surface area (Å²) >= 11 is 6.07. The quantitative estimate of drug-likeness (QED) is 0.904. The molecule has 1 N–H and O–H groups in total.